The number of hydrogen-bond donors (Lipinski definition) is 3. The lowest BCUT2D eigenvalue weighted by Crippen LogP contribution is -2.52. The van der Waals surface area contributed by atoms with Crippen LogP contribution in [0, 0.1) is 5.41 Å². The normalized spacial score (nSPS) is 16.6. The number of hydrogen-bond acceptors (Lipinski definition) is 4. The number of alkyl carbamates (subject to hydrolysis) is 1. The van der Waals surface area contributed by atoms with Crippen LogP contribution in [0.4, 0.5) is 13.6 Å². The summed E-state index contributed by atoms with van der Waals surface area (Å²) in [5, 5.41) is 13.6. The van der Waals surface area contributed by atoms with Crippen LogP contribution < -0.4 is 10.6 Å². The van der Waals surface area contributed by atoms with Crippen LogP contribution in [0.1, 0.15) is 49.1 Å². The molecular formula is C26H28F2N2O5. The molecule has 9 heteroatoms. The zero-order chi connectivity index (χ0) is 25.1. The molecule has 1 saturated carbocycles. The Morgan fingerprint density at radius 3 is 2.09 bits per heavy atom. The largest absolute Gasteiger partial charge is 0.481 e. The summed E-state index contributed by atoms with van der Waals surface area (Å²) in [6.07, 6.45) is 1.80. The first-order chi connectivity index (χ1) is 16.7. The summed E-state index contributed by atoms with van der Waals surface area (Å²) in [6, 6.07) is 15.5. The van der Waals surface area contributed by atoms with Crippen LogP contribution in [0.25, 0.3) is 11.1 Å². The highest BCUT2D eigenvalue weighted by Crippen LogP contribution is 2.44. The topological polar surface area (TPSA) is 105 Å². The molecule has 0 bridgehead atoms. The van der Waals surface area contributed by atoms with E-state index in [1.165, 1.54) is 0 Å². The summed E-state index contributed by atoms with van der Waals surface area (Å²) < 4.78 is 34.0. The Kier molecular flexibility index (Phi) is 7.05. The molecule has 0 radical (unpaired) electrons. The first-order valence-electron chi connectivity index (χ1n) is 11.7. The second-order valence-corrected chi connectivity index (χ2v) is 9.21. The second-order valence-electron chi connectivity index (χ2n) is 9.21. The molecule has 0 aromatic heterocycles. The summed E-state index contributed by atoms with van der Waals surface area (Å²) in [7, 11) is 0. The number of amides is 2. The highest BCUT2D eigenvalue weighted by Gasteiger charge is 2.44. The van der Waals surface area contributed by atoms with Gasteiger partial charge in [-0.3, -0.25) is 9.59 Å². The van der Waals surface area contributed by atoms with Gasteiger partial charge in [0.15, 0.2) is 0 Å². The van der Waals surface area contributed by atoms with Crippen LogP contribution in [-0.4, -0.2) is 48.7 Å². The van der Waals surface area contributed by atoms with Gasteiger partial charge in [0.25, 0.3) is 5.91 Å². The summed E-state index contributed by atoms with van der Waals surface area (Å²) >= 11 is 0. The maximum atomic E-state index is 14.4. The summed E-state index contributed by atoms with van der Waals surface area (Å²) in [5.41, 5.74) is 2.82. The molecular weight excluding hydrogens is 458 g/mol. The van der Waals surface area contributed by atoms with E-state index in [1.54, 1.807) is 0 Å². The van der Waals surface area contributed by atoms with Gasteiger partial charge in [0.1, 0.15) is 6.61 Å². The van der Waals surface area contributed by atoms with Crippen LogP contribution in [0.2, 0.25) is 0 Å². The third-order valence-corrected chi connectivity index (χ3v) is 6.98. The second kappa shape index (κ2) is 10.0. The van der Waals surface area contributed by atoms with Crippen molar-refractivity contribution < 1.29 is 33.0 Å². The first kappa shape index (κ1) is 24.6. The van der Waals surface area contributed by atoms with Gasteiger partial charge in [-0.05, 0) is 35.1 Å². The summed E-state index contributed by atoms with van der Waals surface area (Å²) in [6.45, 7) is -1.67. The third-order valence-electron chi connectivity index (χ3n) is 6.98. The Morgan fingerprint density at radius 2 is 1.51 bits per heavy atom. The van der Waals surface area contributed by atoms with Gasteiger partial charge < -0.3 is 20.5 Å². The van der Waals surface area contributed by atoms with E-state index < -0.39 is 35.9 Å². The Labute approximate surface area is 201 Å². The van der Waals surface area contributed by atoms with Gasteiger partial charge in [0.05, 0.1) is 12.0 Å². The number of benzene rings is 2. The standard InChI is InChI=1S/C26H28F2N2O5/c27-26(28,22(31)29-15-25(23(32)33)12-6-1-7-13-25)16-30-24(34)35-14-21-19-10-4-2-8-17(19)18-9-3-5-11-20(18)21/h2-5,8-11,21H,1,6-7,12-16H2,(H,29,31)(H,30,34)(H,32,33). The monoisotopic (exact) mass is 486 g/mol. The predicted molar refractivity (Wildman–Crippen MR) is 124 cm³/mol. The quantitative estimate of drug-likeness (QED) is 0.516. The zero-order valence-corrected chi connectivity index (χ0v) is 19.2. The average Bonchev–Trinajstić information content (AvgIpc) is 3.19. The lowest BCUT2D eigenvalue weighted by atomic mass is 9.74. The van der Waals surface area contributed by atoms with Gasteiger partial charge >= 0.3 is 18.0 Å². The number of fused-ring (bicyclic) bond motifs is 3. The van der Waals surface area contributed by atoms with Crippen molar-refractivity contribution in [1.82, 2.24) is 10.6 Å². The van der Waals surface area contributed by atoms with E-state index >= 15 is 0 Å². The van der Waals surface area contributed by atoms with Crippen LogP contribution in [-0.2, 0) is 14.3 Å². The first-order valence-corrected chi connectivity index (χ1v) is 11.7. The minimum atomic E-state index is -3.92. The van der Waals surface area contributed by atoms with Crippen molar-refractivity contribution in [3.05, 3.63) is 59.7 Å². The minimum absolute atomic E-state index is 0.0429. The van der Waals surface area contributed by atoms with E-state index in [2.05, 4.69) is 5.32 Å². The fourth-order valence-electron chi connectivity index (χ4n) is 4.99. The Bertz CT molecular complexity index is 1070. The van der Waals surface area contributed by atoms with Gasteiger partial charge in [0.2, 0.25) is 0 Å². The van der Waals surface area contributed by atoms with Crippen molar-refractivity contribution in [2.75, 3.05) is 19.7 Å². The number of aliphatic carboxylic acids is 1. The number of nitrogens with one attached hydrogen (secondary N) is 2. The molecule has 7 nitrogen and oxygen atoms in total. The molecule has 2 aromatic carbocycles. The number of alkyl halides is 2. The van der Waals surface area contributed by atoms with E-state index in [9.17, 15) is 28.3 Å². The molecule has 1 fully saturated rings. The van der Waals surface area contributed by atoms with Crippen molar-refractivity contribution in [2.45, 2.75) is 43.9 Å². The predicted octanol–water partition coefficient (Wildman–Crippen LogP) is 4.31. The Morgan fingerprint density at radius 1 is 0.943 bits per heavy atom. The van der Waals surface area contributed by atoms with E-state index in [-0.39, 0.29) is 19.1 Å². The Hall–Kier alpha value is -3.49. The maximum Gasteiger partial charge on any atom is 0.407 e. The lowest BCUT2D eigenvalue weighted by Gasteiger charge is -2.33. The number of carboxylic acids is 1. The highest BCUT2D eigenvalue weighted by atomic mass is 19.3. The molecule has 4 rings (SSSR count). The lowest BCUT2D eigenvalue weighted by molar-refractivity contribution is -0.153. The number of ether oxygens (including phenoxy) is 1. The van der Waals surface area contributed by atoms with Crippen molar-refractivity contribution in [1.29, 1.82) is 0 Å². The summed E-state index contributed by atoms with van der Waals surface area (Å²) in [5.74, 6) is -6.86. The molecule has 186 valence electrons. The van der Waals surface area contributed by atoms with Gasteiger partial charge in [-0.25, -0.2) is 4.79 Å². The molecule has 2 aromatic rings. The van der Waals surface area contributed by atoms with Crippen LogP contribution in [0.3, 0.4) is 0 Å². The molecule has 35 heavy (non-hydrogen) atoms. The maximum absolute atomic E-state index is 14.4. The third kappa shape index (κ3) is 5.13. The summed E-state index contributed by atoms with van der Waals surface area (Å²) in [4.78, 5) is 35.9. The van der Waals surface area contributed by atoms with Gasteiger partial charge in [-0.15, -0.1) is 0 Å². The molecule has 2 aliphatic carbocycles. The average molecular weight is 487 g/mol. The van der Waals surface area contributed by atoms with Crippen LogP contribution >= 0.6 is 0 Å². The fraction of sp³-hybridized carbons (Fsp3) is 0.423. The molecule has 2 aliphatic rings. The number of carboxylic acid groups (broad SMARTS) is 1. The van der Waals surface area contributed by atoms with Crippen LogP contribution in [0.5, 0.6) is 0 Å². The molecule has 0 atom stereocenters. The fourth-order valence-corrected chi connectivity index (χ4v) is 4.99. The molecule has 0 spiro atoms. The van der Waals surface area contributed by atoms with Gasteiger partial charge in [0, 0.05) is 12.5 Å². The smallest absolute Gasteiger partial charge is 0.407 e. The number of carbonyl (C=O) groups excluding carboxylic acids is 2. The molecule has 0 saturated heterocycles. The number of rotatable bonds is 8. The van der Waals surface area contributed by atoms with Crippen molar-refractivity contribution in [3.8, 4) is 11.1 Å². The van der Waals surface area contributed by atoms with Crippen molar-refractivity contribution >= 4 is 18.0 Å². The van der Waals surface area contributed by atoms with E-state index in [0.29, 0.717) is 25.7 Å². The highest BCUT2D eigenvalue weighted by molar-refractivity contribution is 5.85. The minimum Gasteiger partial charge on any atom is -0.481 e. The molecule has 3 N–H and O–H groups in total. The van der Waals surface area contributed by atoms with E-state index in [0.717, 1.165) is 28.7 Å². The van der Waals surface area contributed by atoms with Crippen LogP contribution in [0.15, 0.2) is 48.5 Å². The van der Waals surface area contributed by atoms with E-state index in [1.807, 2.05) is 53.8 Å². The van der Waals surface area contributed by atoms with Crippen molar-refractivity contribution in [3.63, 3.8) is 0 Å². The molecule has 2 amide bonds. The molecule has 0 aliphatic heterocycles. The number of carbonyl (C=O) groups is 3. The van der Waals surface area contributed by atoms with E-state index in [4.69, 9.17) is 4.74 Å². The van der Waals surface area contributed by atoms with Gasteiger partial charge in [-0.1, -0.05) is 67.8 Å². The SMILES string of the molecule is O=C(NCC(F)(F)C(=O)NCC1(C(=O)O)CCCCC1)OCC1c2ccccc2-c2ccccc21. The Balaban J connectivity index is 1.30. The zero-order valence-electron chi connectivity index (χ0n) is 19.2. The van der Waals surface area contributed by atoms with Crippen molar-refractivity contribution in [2.24, 2.45) is 5.41 Å². The number of halogens is 2. The molecule has 0 heterocycles. The molecule has 0 unspecified atom stereocenters. The van der Waals surface area contributed by atoms with Gasteiger partial charge in [-0.2, -0.15) is 8.78 Å².